The average molecular weight is 390 g/mol. The van der Waals surface area contributed by atoms with E-state index in [9.17, 15) is 18.5 Å². The monoisotopic (exact) mass is 390 g/mol. The summed E-state index contributed by atoms with van der Waals surface area (Å²) in [5.74, 6) is 0.116. The first kappa shape index (κ1) is 18.0. The fourth-order valence-electron chi connectivity index (χ4n) is 2.26. The van der Waals surface area contributed by atoms with Gasteiger partial charge in [0.1, 0.15) is 15.7 Å². The fraction of sp³-hybridized carbons (Fsp3) is 0.118. The molecule has 26 heavy (non-hydrogen) atoms. The van der Waals surface area contributed by atoms with Gasteiger partial charge in [-0.05, 0) is 44.2 Å². The van der Waals surface area contributed by atoms with Crippen LogP contribution in [0.2, 0.25) is 0 Å². The lowest BCUT2D eigenvalue weighted by Gasteiger charge is -2.08. The summed E-state index contributed by atoms with van der Waals surface area (Å²) >= 11 is 1.49. The van der Waals surface area contributed by atoms with Gasteiger partial charge in [-0.3, -0.25) is 10.1 Å². The molecule has 0 saturated heterocycles. The number of benzene rings is 2. The van der Waals surface area contributed by atoms with Crippen LogP contribution >= 0.6 is 11.3 Å². The van der Waals surface area contributed by atoms with Crippen LogP contribution in [0, 0.1) is 24.0 Å². The van der Waals surface area contributed by atoms with Gasteiger partial charge in [0, 0.05) is 28.3 Å². The molecule has 0 radical (unpaired) electrons. The van der Waals surface area contributed by atoms with Gasteiger partial charge in [-0.15, -0.1) is 11.3 Å². The molecule has 0 saturated carbocycles. The van der Waals surface area contributed by atoms with E-state index in [1.165, 1.54) is 42.5 Å². The Bertz CT molecular complexity index is 1070. The Morgan fingerprint density at radius 1 is 1.12 bits per heavy atom. The molecule has 0 spiro atoms. The van der Waals surface area contributed by atoms with Crippen molar-refractivity contribution in [2.24, 2.45) is 0 Å². The zero-order chi connectivity index (χ0) is 18.9. The maximum absolute atomic E-state index is 12.4. The van der Waals surface area contributed by atoms with Gasteiger partial charge in [-0.25, -0.2) is 4.98 Å². The number of nitro groups is 1. The molecule has 0 amide bonds. The number of rotatable bonds is 5. The van der Waals surface area contributed by atoms with Crippen LogP contribution in [0.4, 0.5) is 5.69 Å². The summed E-state index contributed by atoms with van der Waals surface area (Å²) in [7, 11) is -4.18. The van der Waals surface area contributed by atoms with Gasteiger partial charge in [0.25, 0.3) is 5.69 Å². The van der Waals surface area contributed by atoms with Crippen LogP contribution in [0.15, 0.2) is 52.7 Å². The molecule has 1 heterocycles. The highest BCUT2D eigenvalue weighted by molar-refractivity contribution is 7.87. The molecule has 3 aromatic rings. The molecule has 9 heteroatoms. The second kappa shape index (κ2) is 6.85. The molecule has 2 aromatic carbocycles. The van der Waals surface area contributed by atoms with Crippen LogP contribution in [0.1, 0.15) is 11.3 Å². The molecule has 0 atom stereocenters. The Hall–Kier alpha value is -2.78. The number of aromatic nitrogens is 1. The van der Waals surface area contributed by atoms with E-state index < -0.39 is 15.0 Å². The Morgan fingerprint density at radius 2 is 1.81 bits per heavy atom. The molecule has 7 nitrogen and oxygen atoms in total. The third-order valence-electron chi connectivity index (χ3n) is 3.59. The van der Waals surface area contributed by atoms with Crippen molar-refractivity contribution in [3.63, 3.8) is 0 Å². The summed E-state index contributed by atoms with van der Waals surface area (Å²) in [6.45, 7) is 3.43. The second-order valence-electron chi connectivity index (χ2n) is 5.56. The van der Waals surface area contributed by atoms with Crippen molar-refractivity contribution in [3.8, 4) is 16.3 Å². The fourth-order valence-corrected chi connectivity index (χ4v) is 4.01. The molecule has 0 aliphatic heterocycles. The summed E-state index contributed by atoms with van der Waals surface area (Å²) in [6.07, 6.45) is 0. The van der Waals surface area contributed by atoms with Crippen molar-refractivity contribution in [2.75, 3.05) is 0 Å². The summed E-state index contributed by atoms with van der Waals surface area (Å²) in [5, 5.41) is 13.7. The number of nitrogens with zero attached hydrogens (tertiary/aromatic N) is 2. The Labute approximate surface area is 154 Å². The van der Waals surface area contributed by atoms with Gasteiger partial charge in [-0.2, -0.15) is 8.42 Å². The van der Waals surface area contributed by atoms with Crippen LogP contribution < -0.4 is 4.18 Å². The number of thiazole rings is 1. The molecular weight excluding hydrogens is 376 g/mol. The molecule has 3 rings (SSSR count). The van der Waals surface area contributed by atoms with Gasteiger partial charge >= 0.3 is 10.1 Å². The van der Waals surface area contributed by atoms with Crippen molar-refractivity contribution in [3.05, 3.63) is 69.2 Å². The Morgan fingerprint density at radius 3 is 2.38 bits per heavy atom. The minimum atomic E-state index is -4.18. The summed E-state index contributed by atoms with van der Waals surface area (Å²) in [5.41, 5.74) is 1.86. The largest absolute Gasteiger partial charge is 0.379 e. The molecular formula is C17H14N2O5S2. The highest BCUT2D eigenvalue weighted by Crippen LogP contribution is 2.28. The van der Waals surface area contributed by atoms with Crippen molar-refractivity contribution in [2.45, 2.75) is 18.7 Å². The summed E-state index contributed by atoms with van der Waals surface area (Å²) in [4.78, 5) is 14.5. The first-order valence-electron chi connectivity index (χ1n) is 7.48. The molecule has 0 bridgehead atoms. The minimum absolute atomic E-state index is 0.116. The normalized spacial score (nSPS) is 11.3. The molecule has 0 unspecified atom stereocenters. The van der Waals surface area contributed by atoms with E-state index >= 15 is 0 Å². The Balaban J connectivity index is 1.86. The number of hydrogen-bond donors (Lipinski definition) is 0. The first-order valence-corrected chi connectivity index (χ1v) is 9.77. The molecule has 1 aromatic heterocycles. The van der Waals surface area contributed by atoms with Crippen molar-refractivity contribution < 1.29 is 17.5 Å². The highest BCUT2D eigenvalue weighted by atomic mass is 32.2. The Kier molecular flexibility index (Phi) is 4.75. The smallest absolute Gasteiger partial charge is 0.339 e. The number of aryl methyl sites for hydroxylation is 2. The lowest BCUT2D eigenvalue weighted by atomic mass is 10.2. The number of hydrogen-bond acceptors (Lipinski definition) is 7. The zero-order valence-corrected chi connectivity index (χ0v) is 15.5. The van der Waals surface area contributed by atoms with Gasteiger partial charge in [0.05, 0.1) is 4.92 Å². The van der Waals surface area contributed by atoms with E-state index in [1.807, 2.05) is 12.3 Å². The van der Waals surface area contributed by atoms with Crippen LogP contribution in [0.5, 0.6) is 5.75 Å². The van der Waals surface area contributed by atoms with E-state index in [2.05, 4.69) is 4.98 Å². The van der Waals surface area contributed by atoms with E-state index in [4.69, 9.17) is 4.18 Å². The first-order chi connectivity index (χ1) is 12.3. The van der Waals surface area contributed by atoms with E-state index in [1.54, 1.807) is 12.1 Å². The van der Waals surface area contributed by atoms with Crippen LogP contribution in [0.25, 0.3) is 10.6 Å². The maximum atomic E-state index is 12.4. The van der Waals surface area contributed by atoms with Gasteiger partial charge in [0.15, 0.2) is 0 Å². The molecule has 0 fully saturated rings. The standard InChI is InChI=1S/C17H14N2O5S2/c1-11-3-8-15(9-16(11)19(20)21)26(22,23)24-14-6-4-13(5-7-14)17-18-12(2)10-25-17/h3-10H,1-2H3. The predicted octanol–water partition coefficient (Wildman–Crippen LogP) is 4.10. The SMILES string of the molecule is Cc1csc(-c2ccc(OS(=O)(=O)c3ccc(C)c([N+](=O)[O-])c3)cc2)n1. The summed E-state index contributed by atoms with van der Waals surface area (Å²) < 4.78 is 29.9. The molecule has 0 N–H and O–H groups in total. The summed E-state index contributed by atoms with van der Waals surface area (Å²) in [6, 6.07) is 10.1. The third-order valence-corrected chi connectivity index (χ3v) is 5.84. The van der Waals surface area contributed by atoms with Crippen molar-refractivity contribution >= 4 is 27.1 Å². The van der Waals surface area contributed by atoms with Crippen molar-refractivity contribution in [1.82, 2.24) is 4.98 Å². The lowest BCUT2D eigenvalue weighted by molar-refractivity contribution is -0.385. The molecule has 0 aliphatic rings. The van der Waals surface area contributed by atoms with Crippen molar-refractivity contribution in [1.29, 1.82) is 0 Å². The zero-order valence-electron chi connectivity index (χ0n) is 13.9. The maximum Gasteiger partial charge on any atom is 0.339 e. The second-order valence-corrected chi connectivity index (χ2v) is 7.97. The minimum Gasteiger partial charge on any atom is -0.379 e. The topological polar surface area (TPSA) is 99.4 Å². The lowest BCUT2D eigenvalue weighted by Crippen LogP contribution is -2.10. The van der Waals surface area contributed by atoms with Crippen LogP contribution in [-0.2, 0) is 10.1 Å². The quantitative estimate of drug-likeness (QED) is 0.369. The van der Waals surface area contributed by atoms with Crippen LogP contribution in [-0.4, -0.2) is 18.3 Å². The molecule has 134 valence electrons. The third kappa shape index (κ3) is 3.73. The van der Waals surface area contributed by atoms with E-state index in [0.29, 0.717) is 5.56 Å². The van der Waals surface area contributed by atoms with E-state index in [0.717, 1.165) is 22.3 Å². The average Bonchev–Trinajstić information content (AvgIpc) is 3.01. The highest BCUT2D eigenvalue weighted by Gasteiger charge is 2.21. The van der Waals surface area contributed by atoms with Gasteiger partial charge < -0.3 is 4.18 Å². The predicted molar refractivity (Wildman–Crippen MR) is 97.9 cm³/mol. The number of nitro benzene ring substituents is 1. The van der Waals surface area contributed by atoms with E-state index in [-0.39, 0.29) is 16.3 Å². The van der Waals surface area contributed by atoms with Gasteiger partial charge in [0.2, 0.25) is 0 Å². The molecule has 0 aliphatic carbocycles. The van der Waals surface area contributed by atoms with Crippen LogP contribution in [0.3, 0.4) is 0 Å². The van der Waals surface area contributed by atoms with Gasteiger partial charge in [-0.1, -0.05) is 6.07 Å².